The van der Waals surface area contributed by atoms with Gasteiger partial charge in [0.05, 0.1) is 6.04 Å². The first kappa shape index (κ1) is 16.9. The fourth-order valence-corrected chi connectivity index (χ4v) is 3.75. The maximum absolute atomic E-state index is 12.6. The molecule has 0 aromatic heterocycles. The van der Waals surface area contributed by atoms with Crippen LogP contribution in [0.4, 0.5) is 0 Å². The smallest absolute Gasteiger partial charge is 0.249 e. The zero-order valence-corrected chi connectivity index (χ0v) is 15.2. The molecular formula is C20H19Cl2NO2. The van der Waals surface area contributed by atoms with Gasteiger partial charge in [0, 0.05) is 16.6 Å². The number of rotatable bonds is 4. The first-order valence-corrected chi connectivity index (χ1v) is 9.29. The Labute approximate surface area is 157 Å². The highest BCUT2D eigenvalue weighted by Crippen LogP contribution is 2.43. The van der Waals surface area contributed by atoms with Crippen LogP contribution in [-0.4, -0.2) is 24.0 Å². The van der Waals surface area contributed by atoms with E-state index in [1.165, 1.54) is 12.8 Å². The van der Waals surface area contributed by atoms with E-state index in [-0.39, 0.29) is 24.7 Å². The molecule has 2 fully saturated rings. The summed E-state index contributed by atoms with van der Waals surface area (Å²) in [5.41, 5.74) is 2.02. The lowest BCUT2D eigenvalue weighted by molar-refractivity contribution is -0.159. The largest absolute Gasteiger partial charge is 0.361 e. The van der Waals surface area contributed by atoms with Crippen LogP contribution < -0.4 is 0 Å². The highest BCUT2D eigenvalue weighted by molar-refractivity contribution is 6.30. The molecule has 1 aliphatic heterocycles. The molecule has 0 N–H and O–H groups in total. The number of nitrogens with zero attached hydrogens (tertiary/aromatic N) is 1. The Balaban J connectivity index is 1.74. The van der Waals surface area contributed by atoms with Gasteiger partial charge in [-0.3, -0.25) is 4.79 Å². The number of hydrogen-bond donors (Lipinski definition) is 0. The Kier molecular flexibility index (Phi) is 4.72. The molecule has 4 rings (SSSR count). The Hall–Kier alpha value is -1.55. The summed E-state index contributed by atoms with van der Waals surface area (Å²) in [4.78, 5) is 14.6. The molecule has 0 bridgehead atoms. The van der Waals surface area contributed by atoms with E-state index >= 15 is 0 Å². The predicted octanol–water partition coefficient (Wildman–Crippen LogP) is 5.04. The van der Waals surface area contributed by atoms with Gasteiger partial charge >= 0.3 is 0 Å². The minimum atomic E-state index is -0.240. The second kappa shape index (κ2) is 6.99. The highest BCUT2D eigenvalue weighted by atomic mass is 35.5. The number of carbonyl (C=O) groups excluding carboxylic acids is 1. The summed E-state index contributed by atoms with van der Waals surface area (Å²) in [5, 5.41) is 1.35. The minimum Gasteiger partial charge on any atom is -0.361 e. The van der Waals surface area contributed by atoms with Crippen molar-refractivity contribution in [2.75, 3.05) is 13.2 Å². The maximum atomic E-state index is 12.6. The van der Waals surface area contributed by atoms with Gasteiger partial charge in [0.25, 0.3) is 0 Å². The van der Waals surface area contributed by atoms with Crippen LogP contribution in [0.5, 0.6) is 0 Å². The SMILES string of the molecule is O=C1CO[C@H](c2cccc(Cl)c2)[C@@H](c2ccc(Cl)cc2)N1CC1CC1. The van der Waals surface area contributed by atoms with E-state index in [2.05, 4.69) is 0 Å². The van der Waals surface area contributed by atoms with Crippen molar-refractivity contribution in [1.82, 2.24) is 4.90 Å². The van der Waals surface area contributed by atoms with E-state index in [9.17, 15) is 4.79 Å². The average Bonchev–Trinajstić information content (AvgIpc) is 3.42. The third-order valence-corrected chi connectivity index (χ3v) is 5.36. The molecule has 5 heteroatoms. The zero-order chi connectivity index (χ0) is 17.4. The van der Waals surface area contributed by atoms with Crippen LogP contribution in [0.25, 0.3) is 0 Å². The van der Waals surface area contributed by atoms with Crippen molar-refractivity contribution in [2.24, 2.45) is 5.92 Å². The summed E-state index contributed by atoms with van der Waals surface area (Å²) in [5.74, 6) is 0.655. The summed E-state index contributed by atoms with van der Waals surface area (Å²) < 4.78 is 5.98. The molecule has 2 aliphatic rings. The first-order valence-electron chi connectivity index (χ1n) is 8.54. The van der Waals surface area contributed by atoms with Crippen molar-refractivity contribution in [1.29, 1.82) is 0 Å². The molecule has 1 aliphatic carbocycles. The summed E-state index contributed by atoms with van der Waals surface area (Å²) in [6, 6.07) is 15.2. The number of benzene rings is 2. The van der Waals surface area contributed by atoms with Crippen LogP contribution >= 0.6 is 23.2 Å². The first-order chi connectivity index (χ1) is 12.1. The van der Waals surface area contributed by atoms with Crippen LogP contribution in [0.3, 0.4) is 0 Å². The molecule has 2 atom stereocenters. The number of hydrogen-bond acceptors (Lipinski definition) is 2. The van der Waals surface area contributed by atoms with Crippen LogP contribution in [0.2, 0.25) is 10.0 Å². The Morgan fingerprint density at radius 1 is 1.00 bits per heavy atom. The summed E-state index contributed by atoms with van der Waals surface area (Å²) in [6.45, 7) is 0.889. The molecule has 0 radical (unpaired) electrons. The van der Waals surface area contributed by atoms with Crippen LogP contribution in [0.1, 0.15) is 36.1 Å². The molecular weight excluding hydrogens is 357 g/mol. The predicted molar refractivity (Wildman–Crippen MR) is 98.8 cm³/mol. The van der Waals surface area contributed by atoms with Crippen molar-refractivity contribution in [3.05, 3.63) is 69.7 Å². The number of amides is 1. The average molecular weight is 376 g/mol. The summed E-state index contributed by atoms with van der Waals surface area (Å²) >= 11 is 12.2. The van der Waals surface area contributed by atoms with Gasteiger partial charge in [-0.15, -0.1) is 0 Å². The van der Waals surface area contributed by atoms with Crippen molar-refractivity contribution in [3.8, 4) is 0 Å². The van der Waals surface area contributed by atoms with E-state index in [1.54, 1.807) is 0 Å². The fraction of sp³-hybridized carbons (Fsp3) is 0.350. The number of carbonyl (C=O) groups is 1. The fourth-order valence-electron chi connectivity index (χ4n) is 3.42. The molecule has 0 unspecified atom stereocenters. The monoisotopic (exact) mass is 375 g/mol. The van der Waals surface area contributed by atoms with Crippen LogP contribution in [-0.2, 0) is 9.53 Å². The van der Waals surface area contributed by atoms with Gasteiger partial charge in [0.2, 0.25) is 5.91 Å². The normalized spacial score (nSPS) is 23.8. The maximum Gasteiger partial charge on any atom is 0.249 e. The van der Waals surface area contributed by atoms with Gasteiger partial charge in [-0.1, -0.05) is 47.5 Å². The molecule has 25 heavy (non-hydrogen) atoms. The summed E-state index contributed by atoms with van der Waals surface area (Å²) in [7, 11) is 0. The van der Waals surface area contributed by atoms with Gasteiger partial charge in [-0.25, -0.2) is 0 Å². The molecule has 2 aromatic carbocycles. The standard InChI is InChI=1S/C20H19Cl2NO2/c21-16-8-6-14(7-9-16)19-20(15-2-1-3-17(22)10-15)25-12-18(24)23(19)11-13-4-5-13/h1-3,6-10,13,19-20H,4-5,11-12H2/t19-,20-/m1/s1. The second-order valence-corrected chi connectivity index (χ2v) is 7.65. The third-order valence-electron chi connectivity index (χ3n) is 4.87. The van der Waals surface area contributed by atoms with E-state index in [0.717, 1.165) is 17.7 Å². The lowest BCUT2D eigenvalue weighted by Crippen LogP contribution is -2.46. The van der Waals surface area contributed by atoms with Crippen molar-refractivity contribution >= 4 is 29.1 Å². The highest BCUT2D eigenvalue weighted by Gasteiger charge is 2.41. The quantitative estimate of drug-likeness (QED) is 0.748. The van der Waals surface area contributed by atoms with Crippen LogP contribution in [0, 0.1) is 5.92 Å². The van der Waals surface area contributed by atoms with Crippen molar-refractivity contribution in [2.45, 2.75) is 25.0 Å². The van der Waals surface area contributed by atoms with E-state index in [1.807, 2.05) is 53.4 Å². The van der Waals surface area contributed by atoms with Gasteiger partial charge < -0.3 is 9.64 Å². The van der Waals surface area contributed by atoms with Crippen molar-refractivity contribution in [3.63, 3.8) is 0 Å². The molecule has 1 saturated carbocycles. The van der Waals surface area contributed by atoms with Gasteiger partial charge in [0.1, 0.15) is 12.7 Å². The zero-order valence-electron chi connectivity index (χ0n) is 13.7. The number of ether oxygens (including phenoxy) is 1. The number of morpholine rings is 1. The minimum absolute atomic E-state index is 0.0464. The molecule has 1 saturated heterocycles. The lowest BCUT2D eigenvalue weighted by atomic mass is 9.92. The molecule has 1 amide bonds. The topological polar surface area (TPSA) is 29.5 Å². The summed E-state index contributed by atoms with van der Waals surface area (Å²) in [6.07, 6.45) is 2.15. The molecule has 3 nitrogen and oxygen atoms in total. The second-order valence-electron chi connectivity index (χ2n) is 6.77. The lowest BCUT2D eigenvalue weighted by Gasteiger charge is -2.41. The van der Waals surface area contributed by atoms with Gasteiger partial charge in [0.15, 0.2) is 0 Å². The van der Waals surface area contributed by atoms with Gasteiger partial charge in [-0.2, -0.15) is 0 Å². The molecule has 0 spiro atoms. The van der Waals surface area contributed by atoms with E-state index in [4.69, 9.17) is 27.9 Å². The Morgan fingerprint density at radius 3 is 2.44 bits per heavy atom. The molecule has 1 heterocycles. The van der Waals surface area contributed by atoms with Crippen molar-refractivity contribution < 1.29 is 9.53 Å². The van der Waals surface area contributed by atoms with E-state index < -0.39 is 0 Å². The molecule has 2 aromatic rings. The Morgan fingerprint density at radius 2 is 1.76 bits per heavy atom. The van der Waals surface area contributed by atoms with E-state index in [0.29, 0.717) is 16.0 Å². The van der Waals surface area contributed by atoms with Crippen LogP contribution in [0.15, 0.2) is 48.5 Å². The third kappa shape index (κ3) is 3.69. The molecule has 130 valence electrons. The number of halogens is 2. The van der Waals surface area contributed by atoms with Gasteiger partial charge in [-0.05, 0) is 54.2 Å². The Bertz CT molecular complexity index is 774.